The lowest BCUT2D eigenvalue weighted by Crippen LogP contribution is -2.15. The molecule has 0 bridgehead atoms. The number of hydrogen-bond acceptors (Lipinski definition) is 6. The van der Waals surface area contributed by atoms with E-state index in [1.165, 1.54) is 23.4 Å². The molecule has 1 rings (SSSR count). The fraction of sp³-hybridized carbons (Fsp3) is 0.667. The molecule has 0 saturated carbocycles. The number of hydrogen-bond donors (Lipinski definition) is 2. The van der Waals surface area contributed by atoms with E-state index in [2.05, 4.69) is 18.8 Å². The summed E-state index contributed by atoms with van der Waals surface area (Å²) in [5, 5.41) is 0. The molecule has 2 N–H and O–H groups in total. The summed E-state index contributed by atoms with van der Waals surface area (Å²) in [5.74, 6) is -1.96. The first-order valence-electron chi connectivity index (χ1n) is 5.34. The van der Waals surface area contributed by atoms with Gasteiger partial charge in [0.2, 0.25) is 0 Å². The number of aryl methyl sites for hydroxylation is 2. The molecule has 0 aromatic carbocycles. The highest BCUT2D eigenvalue weighted by Gasteiger charge is 2.11. The molecule has 1 aromatic rings. The SMILES string of the molecule is CCCc1scnc1C.O=S(=O)(O)CCS(=O)(=O)O. The Balaban J connectivity index is 0.000000342. The monoisotopic (exact) mass is 331 g/mol. The van der Waals surface area contributed by atoms with Crippen LogP contribution in [-0.4, -0.2) is 42.4 Å². The van der Waals surface area contributed by atoms with Gasteiger partial charge in [0, 0.05) is 4.88 Å². The third-order valence-corrected chi connectivity index (χ3v) is 4.61. The van der Waals surface area contributed by atoms with E-state index >= 15 is 0 Å². The van der Waals surface area contributed by atoms with E-state index in [1.807, 2.05) is 5.51 Å². The summed E-state index contributed by atoms with van der Waals surface area (Å²) in [5.41, 5.74) is 3.13. The molecule has 0 aliphatic heterocycles. The minimum Gasteiger partial charge on any atom is -0.286 e. The van der Waals surface area contributed by atoms with Crippen LogP contribution in [0, 0.1) is 6.92 Å². The molecule has 0 unspecified atom stereocenters. The molecule has 0 radical (unpaired) electrons. The second kappa shape index (κ2) is 7.90. The van der Waals surface area contributed by atoms with Gasteiger partial charge in [-0.25, -0.2) is 4.98 Å². The molecule has 0 spiro atoms. The van der Waals surface area contributed by atoms with Crippen molar-refractivity contribution in [2.24, 2.45) is 0 Å². The summed E-state index contributed by atoms with van der Waals surface area (Å²) in [6, 6.07) is 0. The highest BCUT2D eigenvalue weighted by molar-refractivity contribution is 7.89. The first-order chi connectivity index (χ1) is 8.55. The van der Waals surface area contributed by atoms with Crippen LogP contribution in [-0.2, 0) is 26.7 Å². The largest absolute Gasteiger partial charge is 0.286 e. The maximum absolute atomic E-state index is 9.86. The Labute approximate surface area is 117 Å². The van der Waals surface area contributed by atoms with Crippen molar-refractivity contribution in [2.45, 2.75) is 26.7 Å². The van der Waals surface area contributed by atoms with Gasteiger partial charge in [-0.15, -0.1) is 11.3 Å². The molecule has 0 saturated heterocycles. The zero-order valence-corrected chi connectivity index (χ0v) is 13.1. The lowest BCUT2D eigenvalue weighted by Gasteiger charge is -1.92. The summed E-state index contributed by atoms with van der Waals surface area (Å²) in [4.78, 5) is 5.60. The predicted octanol–water partition coefficient (Wildman–Crippen LogP) is 1.17. The minimum atomic E-state index is -4.30. The normalized spacial score (nSPS) is 11.8. The quantitative estimate of drug-likeness (QED) is 0.776. The van der Waals surface area contributed by atoms with Crippen molar-refractivity contribution in [3.63, 3.8) is 0 Å². The topological polar surface area (TPSA) is 122 Å². The molecule has 19 heavy (non-hydrogen) atoms. The van der Waals surface area contributed by atoms with E-state index in [0.717, 1.165) is 0 Å². The Kier molecular flexibility index (Phi) is 7.67. The lowest BCUT2D eigenvalue weighted by atomic mass is 10.2. The molecule has 7 nitrogen and oxygen atoms in total. The summed E-state index contributed by atoms with van der Waals surface area (Å²) in [7, 11) is -8.59. The van der Waals surface area contributed by atoms with Crippen LogP contribution in [0.4, 0.5) is 0 Å². The number of nitrogens with zero attached hydrogens (tertiary/aromatic N) is 1. The van der Waals surface area contributed by atoms with E-state index in [4.69, 9.17) is 9.11 Å². The van der Waals surface area contributed by atoms with Crippen LogP contribution in [0.25, 0.3) is 0 Å². The molecule has 10 heteroatoms. The average molecular weight is 331 g/mol. The van der Waals surface area contributed by atoms with E-state index < -0.39 is 31.7 Å². The van der Waals surface area contributed by atoms with Crippen LogP contribution in [0.5, 0.6) is 0 Å². The summed E-state index contributed by atoms with van der Waals surface area (Å²) in [6.45, 7) is 4.26. The van der Waals surface area contributed by atoms with Crippen molar-refractivity contribution in [3.8, 4) is 0 Å². The fourth-order valence-corrected chi connectivity index (χ4v) is 3.57. The van der Waals surface area contributed by atoms with E-state index in [9.17, 15) is 16.8 Å². The van der Waals surface area contributed by atoms with Gasteiger partial charge in [-0.2, -0.15) is 16.8 Å². The van der Waals surface area contributed by atoms with Crippen LogP contribution in [0.1, 0.15) is 23.9 Å². The molecule has 0 amide bonds. The molecular weight excluding hydrogens is 314 g/mol. The number of thiazole rings is 1. The molecule has 0 fully saturated rings. The Morgan fingerprint density at radius 3 is 1.89 bits per heavy atom. The molecular formula is C9H17NO6S3. The summed E-state index contributed by atoms with van der Waals surface area (Å²) < 4.78 is 55.4. The Hall–Kier alpha value is -0.550. The Morgan fingerprint density at radius 2 is 1.63 bits per heavy atom. The second-order valence-corrected chi connectivity index (χ2v) is 7.77. The third kappa shape index (κ3) is 11.0. The van der Waals surface area contributed by atoms with Crippen LogP contribution in [0.15, 0.2) is 5.51 Å². The van der Waals surface area contributed by atoms with Gasteiger partial charge in [0.1, 0.15) is 0 Å². The van der Waals surface area contributed by atoms with Gasteiger partial charge < -0.3 is 0 Å². The van der Waals surface area contributed by atoms with Crippen LogP contribution < -0.4 is 0 Å². The maximum atomic E-state index is 9.86. The molecule has 0 aliphatic rings. The second-order valence-electron chi connectivity index (χ2n) is 3.68. The highest BCUT2D eigenvalue weighted by atomic mass is 32.2. The maximum Gasteiger partial charge on any atom is 0.265 e. The van der Waals surface area contributed by atoms with Gasteiger partial charge in [-0.3, -0.25) is 9.11 Å². The van der Waals surface area contributed by atoms with Crippen LogP contribution in [0.3, 0.4) is 0 Å². The first kappa shape index (κ1) is 18.4. The smallest absolute Gasteiger partial charge is 0.265 e. The molecule has 0 atom stereocenters. The summed E-state index contributed by atoms with van der Waals surface area (Å²) in [6.07, 6.45) is 2.42. The van der Waals surface area contributed by atoms with Gasteiger partial charge in [0.25, 0.3) is 20.2 Å². The van der Waals surface area contributed by atoms with Gasteiger partial charge in [-0.1, -0.05) is 13.3 Å². The van der Waals surface area contributed by atoms with E-state index in [1.54, 1.807) is 11.3 Å². The zero-order valence-electron chi connectivity index (χ0n) is 10.6. The van der Waals surface area contributed by atoms with E-state index in [0.29, 0.717) is 0 Å². The fourth-order valence-electron chi connectivity index (χ4n) is 1.00. The van der Waals surface area contributed by atoms with Crippen molar-refractivity contribution in [2.75, 3.05) is 11.5 Å². The van der Waals surface area contributed by atoms with Gasteiger partial charge in [0.05, 0.1) is 22.7 Å². The van der Waals surface area contributed by atoms with Crippen LogP contribution >= 0.6 is 11.3 Å². The molecule has 112 valence electrons. The van der Waals surface area contributed by atoms with Crippen molar-refractivity contribution >= 4 is 31.6 Å². The van der Waals surface area contributed by atoms with Crippen molar-refractivity contribution in [3.05, 3.63) is 16.1 Å². The molecule has 1 heterocycles. The van der Waals surface area contributed by atoms with Gasteiger partial charge in [-0.05, 0) is 13.3 Å². The van der Waals surface area contributed by atoms with Gasteiger partial charge >= 0.3 is 0 Å². The predicted molar refractivity (Wildman–Crippen MR) is 73.7 cm³/mol. The number of aromatic nitrogens is 1. The van der Waals surface area contributed by atoms with Crippen molar-refractivity contribution < 1.29 is 25.9 Å². The standard InChI is InChI=1S/C7H11NS.C2H6O6S2/c1-3-4-7-6(2)8-5-9-7;3-9(4,5)1-2-10(6,7)8/h5H,3-4H2,1-2H3;1-2H2,(H,3,4,5)(H,6,7,8). The number of rotatable bonds is 5. The van der Waals surface area contributed by atoms with E-state index in [-0.39, 0.29) is 0 Å². The lowest BCUT2D eigenvalue weighted by molar-refractivity contribution is 0.472. The highest BCUT2D eigenvalue weighted by Crippen LogP contribution is 2.13. The zero-order chi connectivity index (χ0) is 15.1. The average Bonchev–Trinajstić information content (AvgIpc) is 2.62. The van der Waals surface area contributed by atoms with Crippen LogP contribution in [0.2, 0.25) is 0 Å². The first-order valence-corrected chi connectivity index (χ1v) is 9.44. The summed E-state index contributed by atoms with van der Waals surface area (Å²) >= 11 is 1.76. The molecule has 1 aromatic heterocycles. The minimum absolute atomic E-state index is 0.980. The van der Waals surface area contributed by atoms with Gasteiger partial charge in [0.15, 0.2) is 0 Å². The van der Waals surface area contributed by atoms with Crippen molar-refractivity contribution in [1.82, 2.24) is 4.98 Å². The molecule has 0 aliphatic carbocycles. The Morgan fingerprint density at radius 1 is 1.16 bits per heavy atom. The third-order valence-electron chi connectivity index (χ3n) is 1.92. The van der Waals surface area contributed by atoms with Crippen molar-refractivity contribution in [1.29, 1.82) is 0 Å². The Bertz CT molecular complexity index is 543.